The summed E-state index contributed by atoms with van der Waals surface area (Å²) >= 11 is 1.26. The van der Waals surface area contributed by atoms with Crippen molar-refractivity contribution in [2.24, 2.45) is 0 Å². The quantitative estimate of drug-likeness (QED) is 0.485. The van der Waals surface area contributed by atoms with E-state index in [0.717, 1.165) is 5.52 Å². The lowest BCUT2D eigenvalue weighted by Gasteiger charge is -2.18. The Morgan fingerprint density at radius 2 is 1.81 bits per heavy atom. The van der Waals surface area contributed by atoms with Crippen molar-refractivity contribution in [1.29, 1.82) is 0 Å². The van der Waals surface area contributed by atoms with Gasteiger partial charge in [0.15, 0.2) is 5.16 Å². The summed E-state index contributed by atoms with van der Waals surface area (Å²) in [5.41, 5.74) is 1.89. The van der Waals surface area contributed by atoms with Crippen LogP contribution in [0.25, 0.3) is 11.0 Å². The summed E-state index contributed by atoms with van der Waals surface area (Å²) in [7, 11) is -3.58. The number of benzene rings is 2. The molecule has 0 aliphatic carbocycles. The van der Waals surface area contributed by atoms with Crippen LogP contribution in [-0.4, -0.2) is 47.0 Å². The van der Waals surface area contributed by atoms with Crippen molar-refractivity contribution in [2.45, 2.75) is 37.4 Å². The number of sulfonamides is 1. The van der Waals surface area contributed by atoms with Gasteiger partial charge in [0.2, 0.25) is 15.9 Å². The maximum Gasteiger partial charge on any atom is 0.243 e. The highest BCUT2D eigenvalue weighted by atomic mass is 32.2. The number of fused-ring (bicyclic) bond motifs is 1. The van der Waals surface area contributed by atoms with E-state index in [1.807, 2.05) is 11.5 Å². The highest BCUT2D eigenvalue weighted by Gasteiger charge is 2.23. The topological polar surface area (TPSA) is 84.3 Å². The summed E-state index contributed by atoms with van der Waals surface area (Å²) in [5.74, 6) is -0.492. The van der Waals surface area contributed by atoms with Gasteiger partial charge < -0.3 is 9.88 Å². The molecule has 0 aliphatic rings. The molecule has 31 heavy (non-hydrogen) atoms. The molecule has 0 spiro atoms. The maximum atomic E-state index is 13.0. The van der Waals surface area contributed by atoms with Crippen LogP contribution in [0.1, 0.15) is 20.8 Å². The number of anilines is 1. The van der Waals surface area contributed by atoms with Crippen LogP contribution in [0.5, 0.6) is 0 Å². The van der Waals surface area contributed by atoms with Crippen molar-refractivity contribution in [3.05, 3.63) is 48.3 Å². The Morgan fingerprint density at radius 3 is 2.42 bits per heavy atom. The monoisotopic (exact) mass is 464 g/mol. The molecular weight excluding hydrogens is 439 g/mol. The molecule has 7 nitrogen and oxygen atoms in total. The molecule has 1 heterocycles. The lowest BCUT2D eigenvalue weighted by molar-refractivity contribution is -0.113. The number of nitrogens with zero attached hydrogens (tertiary/aromatic N) is 3. The van der Waals surface area contributed by atoms with Gasteiger partial charge in [0, 0.05) is 25.3 Å². The molecule has 0 atom stereocenters. The molecule has 1 N–H and O–H groups in total. The second kappa shape index (κ2) is 9.80. The van der Waals surface area contributed by atoms with E-state index in [0.29, 0.717) is 36.0 Å². The molecule has 0 saturated carbocycles. The summed E-state index contributed by atoms with van der Waals surface area (Å²) < 4.78 is 42.0. The van der Waals surface area contributed by atoms with Gasteiger partial charge in [0.1, 0.15) is 5.82 Å². The normalized spacial score (nSPS) is 11.9. The van der Waals surface area contributed by atoms with E-state index in [9.17, 15) is 17.6 Å². The standard InChI is InChI=1S/C21H25FN4O3S2/c1-4-25(5-2)31(28,29)17-11-12-19-18(13-17)24-21(26(19)6-3)30-14-20(27)23-16-9-7-15(22)8-10-16/h7-13H,4-6,14H2,1-3H3,(H,23,27). The zero-order valence-corrected chi connectivity index (χ0v) is 19.3. The maximum absolute atomic E-state index is 13.0. The first-order valence-electron chi connectivity index (χ1n) is 9.98. The molecule has 3 aromatic rings. The number of carbonyl (C=O) groups is 1. The number of hydrogen-bond donors (Lipinski definition) is 1. The molecule has 0 radical (unpaired) electrons. The number of rotatable bonds is 9. The van der Waals surface area contributed by atoms with Crippen LogP contribution in [0.4, 0.5) is 10.1 Å². The van der Waals surface area contributed by atoms with Gasteiger partial charge in [0.05, 0.1) is 21.7 Å². The zero-order valence-electron chi connectivity index (χ0n) is 17.6. The molecule has 1 aromatic heterocycles. The number of carbonyl (C=O) groups excluding carboxylic acids is 1. The van der Waals surface area contributed by atoms with Gasteiger partial charge in [-0.25, -0.2) is 17.8 Å². The average Bonchev–Trinajstić information content (AvgIpc) is 3.11. The Morgan fingerprint density at radius 1 is 1.13 bits per heavy atom. The Bertz CT molecular complexity index is 1170. The third-order valence-corrected chi connectivity index (χ3v) is 7.83. The first-order chi connectivity index (χ1) is 14.8. The minimum Gasteiger partial charge on any atom is -0.325 e. The predicted octanol–water partition coefficient (Wildman–Crippen LogP) is 3.96. The number of halogens is 1. The van der Waals surface area contributed by atoms with Gasteiger partial charge in [-0.05, 0) is 49.4 Å². The van der Waals surface area contributed by atoms with E-state index in [-0.39, 0.29) is 22.4 Å². The molecule has 0 saturated heterocycles. The van der Waals surface area contributed by atoms with Crippen LogP contribution in [-0.2, 0) is 21.4 Å². The van der Waals surface area contributed by atoms with Gasteiger partial charge in [0.25, 0.3) is 0 Å². The second-order valence-electron chi connectivity index (χ2n) is 6.72. The van der Waals surface area contributed by atoms with Crippen molar-refractivity contribution in [3.63, 3.8) is 0 Å². The van der Waals surface area contributed by atoms with E-state index in [1.54, 1.807) is 32.0 Å². The van der Waals surface area contributed by atoms with E-state index in [2.05, 4.69) is 10.3 Å². The van der Waals surface area contributed by atoms with Crippen LogP contribution >= 0.6 is 11.8 Å². The molecular formula is C21H25FN4O3S2. The molecule has 2 aromatic carbocycles. The van der Waals surface area contributed by atoms with Crippen LogP contribution < -0.4 is 5.32 Å². The van der Waals surface area contributed by atoms with Crippen molar-refractivity contribution < 1.29 is 17.6 Å². The highest BCUT2D eigenvalue weighted by molar-refractivity contribution is 7.99. The van der Waals surface area contributed by atoms with Crippen molar-refractivity contribution in [1.82, 2.24) is 13.9 Å². The fourth-order valence-corrected chi connectivity index (χ4v) is 5.59. The van der Waals surface area contributed by atoms with Crippen molar-refractivity contribution in [3.8, 4) is 0 Å². The number of thioether (sulfide) groups is 1. The van der Waals surface area contributed by atoms with Gasteiger partial charge in [-0.2, -0.15) is 4.31 Å². The summed E-state index contributed by atoms with van der Waals surface area (Å²) in [6, 6.07) is 10.5. The Hall–Kier alpha value is -2.43. The predicted molar refractivity (Wildman–Crippen MR) is 121 cm³/mol. The van der Waals surface area contributed by atoms with E-state index in [4.69, 9.17) is 0 Å². The molecule has 10 heteroatoms. The lowest BCUT2D eigenvalue weighted by Crippen LogP contribution is -2.30. The zero-order chi connectivity index (χ0) is 22.6. The number of hydrogen-bond acceptors (Lipinski definition) is 5. The van der Waals surface area contributed by atoms with Crippen molar-refractivity contribution in [2.75, 3.05) is 24.2 Å². The Labute approximate surface area is 185 Å². The fourth-order valence-electron chi connectivity index (χ4n) is 3.24. The smallest absolute Gasteiger partial charge is 0.243 e. The lowest BCUT2D eigenvalue weighted by atomic mass is 10.3. The highest BCUT2D eigenvalue weighted by Crippen LogP contribution is 2.27. The van der Waals surface area contributed by atoms with Crippen LogP contribution in [0.15, 0.2) is 52.5 Å². The molecule has 0 bridgehead atoms. The molecule has 166 valence electrons. The first kappa shape index (κ1) is 23.2. The van der Waals surface area contributed by atoms with Gasteiger partial charge in [-0.3, -0.25) is 4.79 Å². The molecule has 0 fully saturated rings. The molecule has 1 amide bonds. The number of aryl methyl sites for hydroxylation is 1. The third-order valence-electron chi connectivity index (χ3n) is 4.80. The minimum atomic E-state index is -3.58. The summed E-state index contributed by atoms with van der Waals surface area (Å²) in [4.78, 5) is 17.0. The number of aromatic nitrogens is 2. The van der Waals surface area contributed by atoms with E-state index < -0.39 is 10.0 Å². The van der Waals surface area contributed by atoms with Crippen LogP contribution in [0.3, 0.4) is 0 Å². The summed E-state index contributed by atoms with van der Waals surface area (Å²) in [5, 5.41) is 3.35. The summed E-state index contributed by atoms with van der Waals surface area (Å²) in [6.07, 6.45) is 0. The second-order valence-corrected chi connectivity index (χ2v) is 9.60. The van der Waals surface area contributed by atoms with E-state index in [1.165, 1.54) is 40.3 Å². The Kier molecular flexibility index (Phi) is 7.34. The SMILES string of the molecule is CCN(CC)S(=O)(=O)c1ccc2c(c1)nc(SCC(=O)Nc1ccc(F)cc1)n2CC. The van der Waals surface area contributed by atoms with Gasteiger partial charge >= 0.3 is 0 Å². The van der Waals surface area contributed by atoms with Crippen molar-refractivity contribution >= 4 is 44.4 Å². The van der Waals surface area contributed by atoms with E-state index >= 15 is 0 Å². The van der Waals surface area contributed by atoms with Crippen LogP contribution in [0.2, 0.25) is 0 Å². The number of amides is 1. The largest absolute Gasteiger partial charge is 0.325 e. The van der Waals surface area contributed by atoms with Crippen LogP contribution in [0, 0.1) is 5.82 Å². The van der Waals surface area contributed by atoms with Gasteiger partial charge in [-0.15, -0.1) is 0 Å². The third kappa shape index (κ3) is 5.08. The first-order valence-corrected chi connectivity index (χ1v) is 12.4. The molecule has 3 rings (SSSR count). The fraction of sp³-hybridized carbons (Fsp3) is 0.333. The number of nitrogens with one attached hydrogen (secondary N) is 1. The Balaban J connectivity index is 1.81. The average molecular weight is 465 g/mol. The van der Waals surface area contributed by atoms with Gasteiger partial charge in [-0.1, -0.05) is 25.6 Å². The summed E-state index contributed by atoms with van der Waals surface area (Å²) in [6.45, 7) is 6.98. The molecule has 0 aliphatic heterocycles. The number of imidazole rings is 1. The minimum absolute atomic E-state index is 0.116. The molecule has 0 unspecified atom stereocenters.